The maximum absolute atomic E-state index is 13.9. The number of aliphatic hydroxyl groups is 1. The third-order valence-electron chi connectivity index (χ3n) is 5.05. The number of aromatic nitrogens is 1. The van der Waals surface area contributed by atoms with Crippen LogP contribution in [-0.4, -0.2) is 76.9 Å². The lowest BCUT2D eigenvalue weighted by atomic mass is 10.2. The highest BCUT2D eigenvalue weighted by atomic mass is 19.1. The van der Waals surface area contributed by atoms with Crippen LogP contribution in [0.4, 0.5) is 8.78 Å². The molecule has 3 amide bonds. The van der Waals surface area contributed by atoms with Gasteiger partial charge in [-0.2, -0.15) is 0 Å². The third kappa shape index (κ3) is 4.93. The summed E-state index contributed by atoms with van der Waals surface area (Å²) in [5, 5.41) is 11.4. The second-order valence-corrected chi connectivity index (χ2v) is 7.16. The molecule has 1 aliphatic heterocycles. The summed E-state index contributed by atoms with van der Waals surface area (Å²) in [5.41, 5.74) is 0.329. The van der Waals surface area contributed by atoms with E-state index in [0.717, 1.165) is 18.6 Å². The van der Waals surface area contributed by atoms with Crippen molar-refractivity contribution in [2.45, 2.75) is 19.3 Å². The fraction of sp³-hybridized carbons (Fsp3) is 0.450. The van der Waals surface area contributed by atoms with Crippen LogP contribution in [0.3, 0.4) is 0 Å². The van der Waals surface area contributed by atoms with E-state index in [1.54, 1.807) is 0 Å². The predicted octanol–water partition coefficient (Wildman–Crippen LogP) is 1.01. The summed E-state index contributed by atoms with van der Waals surface area (Å²) in [6.07, 6.45) is 2.09. The van der Waals surface area contributed by atoms with Crippen LogP contribution in [0.5, 0.6) is 0 Å². The molecule has 0 saturated carbocycles. The van der Waals surface area contributed by atoms with Crippen molar-refractivity contribution >= 4 is 28.6 Å². The molecule has 0 unspecified atom stereocenters. The van der Waals surface area contributed by atoms with E-state index in [0.29, 0.717) is 19.4 Å². The number of rotatable bonds is 6. The highest BCUT2D eigenvalue weighted by Crippen LogP contribution is 2.21. The summed E-state index contributed by atoms with van der Waals surface area (Å²) in [7, 11) is 0. The van der Waals surface area contributed by atoms with Gasteiger partial charge in [0.15, 0.2) is 0 Å². The highest BCUT2D eigenvalue weighted by Gasteiger charge is 2.28. The molecule has 8 nitrogen and oxygen atoms in total. The molecule has 2 heterocycles. The first-order valence-corrected chi connectivity index (χ1v) is 9.85. The molecule has 0 atom stereocenters. The molecule has 0 bridgehead atoms. The zero-order valence-corrected chi connectivity index (χ0v) is 16.4. The van der Waals surface area contributed by atoms with E-state index in [-0.39, 0.29) is 55.3 Å². The van der Waals surface area contributed by atoms with Gasteiger partial charge in [-0.05, 0) is 31.4 Å². The minimum absolute atomic E-state index is 0.0974. The molecule has 0 spiro atoms. The lowest BCUT2D eigenvalue weighted by Gasteiger charge is -2.34. The van der Waals surface area contributed by atoms with Gasteiger partial charge in [0.05, 0.1) is 5.52 Å². The molecule has 1 saturated heterocycles. The first-order chi connectivity index (χ1) is 14.4. The number of carbonyl (C=O) groups excluding carboxylic acids is 3. The average molecular weight is 422 g/mol. The molecule has 1 aliphatic rings. The summed E-state index contributed by atoms with van der Waals surface area (Å²) in [6.45, 7) is 1.30. The van der Waals surface area contributed by atoms with Crippen LogP contribution in [0.1, 0.15) is 29.8 Å². The Balaban J connectivity index is 1.52. The number of benzene rings is 1. The molecule has 0 aliphatic carbocycles. The summed E-state index contributed by atoms with van der Waals surface area (Å²) < 4.78 is 27.2. The van der Waals surface area contributed by atoms with Gasteiger partial charge >= 0.3 is 11.8 Å². The zero-order valence-electron chi connectivity index (χ0n) is 16.4. The lowest BCUT2D eigenvalue weighted by molar-refractivity contribution is -0.146. The largest absolute Gasteiger partial charge is 0.396 e. The first-order valence-electron chi connectivity index (χ1n) is 9.85. The van der Waals surface area contributed by atoms with Gasteiger partial charge in [0.25, 0.3) is 5.91 Å². The van der Waals surface area contributed by atoms with Crippen LogP contribution in [0.25, 0.3) is 10.9 Å². The molecular formula is C20H24F2N4O4. The number of halogens is 2. The normalized spacial score (nSPS) is 14.2. The van der Waals surface area contributed by atoms with E-state index in [4.69, 9.17) is 5.11 Å². The summed E-state index contributed by atoms with van der Waals surface area (Å²) >= 11 is 0. The Labute approximate surface area is 171 Å². The number of H-pyrrole nitrogens is 1. The van der Waals surface area contributed by atoms with Crippen molar-refractivity contribution in [3.05, 3.63) is 35.5 Å². The minimum atomic E-state index is -0.752. The van der Waals surface area contributed by atoms with E-state index < -0.39 is 23.4 Å². The summed E-state index contributed by atoms with van der Waals surface area (Å²) in [5.74, 6) is -3.21. The molecule has 1 aromatic heterocycles. The molecule has 3 N–H and O–H groups in total. The Kier molecular flexibility index (Phi) is 6.99. The van der Waals surface area contributed by atoms with Crippen molar-refractivity contribution in [2.75, 3.05) is 39.3 Å². The van der Waals surface area contributed by atoms with Gasteiger partial charge in [-0.3, -0.25) is 14.4 Å². The second kappa shape index (κ2) is 9.66. The molecule has 162 valence electrons. The van der Waals surface area contributed by atoms with Crippen LogP contribution < -0.4 is 5.32 Å². The van der Waals surface area contributed by atoms with Crippen molar-refractivity contribution in [3.8, 4) is 0 Å². The maximum Gasteiger partial charge on any atom is 0.312 e. The van der Waals surface area contributed by atoms with Gasteiger partial charge in [0.1, 0.15) is 17.3 Å². The molecule has 30 heavy (non-hydrogen) atoms. The molecule has 1 fully saturated rings. The molecule has 2 aromatic rings. The van der Waals surface area contributed by atoms with Gasteiger partial charge in [-0.25, -0.2) is 8.78 Å². The zero-order chi connectivity index (χ0) is 21.7. The Morgan fingerprint density at radius 2 is 1.70 bits per heavy atom. The van der Waals surface area contributed by atoms with Crippen LogP contribution in [0.2, 0.25) is 0 Å². The van der Waals surface area contributed by atoms with Crippen molar-refractivity contribution in [2.24, 2.45) is 0 Å². The number of aromatic amines is 1. The molecule has 3 rings (SSSR count). The van der Waals surface area contributed by atoms with Crippen LogP contribution in [0, 0.1) is 11.6 Å². The fourth-order valence-corrected chi connectivity index (χ4v) is 3.39. The standard InChI is InChI=1S/C20H24F2N4O4/c21-13-10-15(22)14-12-17(24-16(14)11-13)19(29)25-5-7-26(8-6-25)20(30)18(28)23-4-2-1-3-9-27/h10-12,24,27H,1-9H2,(H,23,28). The SMILES string of the molecule is O=C(NCCCCCO)C(=O)N1CCN(C(=O)c2cc3c(F)cc(F)cc3[nH]2)CC1. The number of fused-ring (bicyclic) bond motifs is 1. The van der Waals surface area contributed by atoms with Crippen molar-refractivity contribution in [1.29, 1.82) is 0 Å². The lowest BCUT2D eigenvalue weighted by Crippen LogP contribution is -2.54. The van der Waals surface area contributed by atoms with Gasteiger partial charge in [-0.1, -0.05) is 0 Å². The summed E-state index contributed by atoms with van der Waals surface area (Å²) in [4.78, 5) is 42.5. The Morgan fingerprint density at radius 3 is 2.40 bits per heavy atom. The van der Waals surface area contributed by atoms with E-state index in [1.165, 1.54) is 15.9 Å². The Hall–Kier alpha value is -3.01. The Morgan fingerprint density at radius 1 is 1.00 bits per heavy atom. The van der Waals surface area contributed by atoms with E-state index in [1.807, 2.05) is 0 Å². The number of hydrogen-bond donors (Lipinski definition) is 3. The van der Waals surface area contributed by atoms with Gasteiger partial charge < -0.3 is 25.2 Å². The predicted molar refractivity (Wildman–Crippen MR) is 105 cm³/mol. The Bertz CT molecular complexity index is 938. The highest BCUT2D eigenvalue weighted by molar-refractivity contribution is 6.35. The maximum atomic E-state index is 13.9. The number of unbranched alkanes of at least 4 members (excludes halogenated alkanes) is 2. The number of hydrogen-bond acceptors (Lipinski definition) is 4. The van der Waals surface area contributed by atoms with Gasteiger partial charge in [0.2, 0.25) is 0 Å². The molecule has 10 heteroatoms. The van der Waals surface area contributed by atoms with E-state index >= 15 is 0 Å². The van der Waals surface area contributed by atoms with Crippen LogP contribution in [-0.2, 0) is 9.59 Å². The first kappa shape index (κ1) is 21.7. The number of nitrogens with one attached hydrogen (secondary N) is 2. The fourth-order valence-electron chi connectivity index (χ4n) is 3.39. The smallest absolute Gasteiger partial charge is 0.312 e. The van der Waals surface area contributed by atoms with Crippen LogP contribution in [0.15, 0.2) is 18.2 Å². The minimum Gasteiger partial charge on any atom is -0.396 e. The van der Waals surface area contributed by atoms with E-state index in [2.05, 4.69) is 10.3 Å². The molecule has 1 aromatic carbocycles. The second-order valence-electron chi connectivity index (χ2n) is 7.16. The van der Waals surface area contributed by atoms with Crippen molar-refractivity contribution < 1.29 is 28.3 Å². The number of aliphatic hydroxyl groups excluding tert-OH is 1. The number of carbonyl (C=O) groups is 3. The average Bonchev–Trinajstić information content (AvgIpc) is 3.17. The number of nitrogens with zero attached hydrogens (tertiary/aromatic N) is 2. The van der Waals surface area contributed by atoms with Crippen molar-refractivity contribution in [1.82, 2.24) is 20.1 Å². The van der Waals surface area contributed by atoms with Gasteiger partial charge in [-0.15, -0.1) is 0 Å². The third-order valence-corrected chi connectivity index (χ3v) is 5.05. The summed E-state index contributed by atoms with van der Waals surface area (Å²) in [6, 6.07) is 3.22. The number of amides is 3. The quantitative estimate of drug-likeness (QED) is 0.477. The van der Waals surface area contributed by atoms with E-state index in [9.17, 15) is 23.2 Å². The van der Waals surface area contributed by atoms with Crippen molar-refractivity contribution in [3.63, 3.8) is 0 Å². The topological polar surface area (TPSA) is 106 Å². The molecule has 0 radical (unpaired) electrons. The van der Waals surface area contributed by atoms with Gasteiger partial charge in [0, 0.05) is 50.8 Å². The monoisotopic (exact) mass is 422 g/mol. The number of piperazine rings is 1. The van der Waals surface area contributed by atoms with Crippen LogP contribution >= 0.6 is 0 Å². The molecular weight excluding hydrogens is 398 g/mol.